The molecule has 1 aromatic rings. The fraction of sp³-hybridized carbons (Fsp3) is 0. The summed E-state index contributed by atoms with van der Waals surface area (Å²) >= 11 is 5.38. The minimum Gasteiger partial charge on any atom is -0.478 e. The third-order valence-electron chi connectivity index (χ3n) is 1.51. The van der Waals surface area contributed by atoms with Gasteiger partial charge in [-0.05, 0) is 24.3 Å². The molecule has 5 nitrogen and oxygen atoms in total. The molecule has 1 rings (SSSR count). The van der Waals surface area contributed by atoms with Crippen molar-refractivity contribution in [1.29, 1.82) is 0 Å². The first-order valence-corrected chi connectivity index (χ1v) is 6.17. The second-order valence-electron chi connectivity index (χ2n) is 2.51. The molecule has 0 unspecified atom stereocenters. The van der Waals surface area contributed by atoms with Crippen LogP contribution in [0.5, 0.6) is 0 Å². The second-order valence-corrected chi connectivity index (χ2v) is 5.41. The van der Waals surface area contributed by atoms with E-state index in [2.05, 4.69) is 0 Å². The number of rotatable bonds is 3. The number of aromatic carboxylic acids is 1. The molecule has 1 aromatic carbocycles. The summed E-state index contributed by atoms with van der Waals surface area (Å²) in [5.74, 6) is -1.11. The van der Waals surface area contributed by atoms with Crippen LogP contribution >= 0.6 is 22.5 Å². The van der Waals surface area contributed by atoms with Crippen molar-refractivity contribution in [3.63, 3.8) is 0 Å². The molecule has 0 spiro atoms. The Bertz CT molecular complexity index is 470. The fourth-order valence-corrected chi connectivity index (χ4v) is 1.57. The molecule has 0 fully saturated rings. The molecule has 1 N–H and O–H groups in total. The molecule has 15 heavy (non-hydrogen) atoms. The first kappa shape index (κ1) is 12.1. The molecule has 0 radical (unpaired) electrons. The van der Waals surface area contributed by atoms with Crippen molar-refractivity contribution in [3.8, 4) is 0 Å². The topological polar surface area (TPSA) is 74.7 Å². The van der Waals surface area contributed by atoms with Crippen LogP contribution in [0.4, 0.5) is 5.69 Å². The molecule has 8 heteroatoms. The highest BCUT2D eigenvalue weighted by Gasteiger charge is 2.17. The quantitative estimate of drug-likeness (QED) is 0.671. The molecule has 82 valence electrons. The van der Waals surface area contributed by atoms with Gasteiger partial charge in [0.05, 0.1) is 11.3 Å². The molecule has 0 aliphatic carbocycles. The normalized spacial score (nSPS) is 11.1. The maximum atomic E-state index is 10.8. The average molecular weight is 270 g/mol. The molecule has 0 aliphatic heterocycles. The maximum absolute atomic E-state index is 10.8. The molecule has 0 aromatic heterocycles. The molecule has 0 atom stereocenters. The fourth-order valence-electron chi connectivity index (χ4n) is 0.847. The highest BCUT2D eigenvalue weighted by molar-refractivity contribution is 8.15. The lowest BCUT2D eigenvalue weighted by atomic mass is 10.2. The summed E-state index contributed by atoms with van der Waals surface area (Å²) in [7, 11) is 0.905. The van der Waals surface area contributed by atoms with Crippen LogP contribution in [0.3, 0.4) is 0 Å². The Kier molecular flexibility index (Phi) is 3.43. The summed E-state index contributed by atoms with van der Waals surface area (Å²) in [5.41, 5.74) is 0.0902. The van der Waals surface area contributed by atoms with Gasteiger partial charge in [-0.3, -0.25) is 0 Å². The predicted octanol–water partition coefficient (Wildman–Crippen LogP) is 1.83. The number of hydrogen-bond donors (Lipinski definition) is 1. The Balaban J connectivity index is 3.05. The molecule has 0 saturated carbocycles. The van der Waals surface area contributed by atoms with Gasteiger partial charge in [-0.1, -0.05) is 0 Å². The second kappa shape index (κ2) is 4.26. The standard InChI is InChI=1S/C7H5Cl2NO4S/c8-10(15(9,13)14)6-3-1-5(2-4-6)7(11)12/h1-4H,(H,11,12). The van der Waals surface area contributed by atoms with Crippen molar-refractivity contribution < 1.29 is 18.3 Å². The van der Waals surface area contributed by atoms with Crippen molar-refractivity contribution >= 4 is 43.4 Å². The molecular weight excluding hydrogens is 265 g/mol. The van der Waals surface area contributed by atoms with Gasteiger partial charge in [0, 0.05) is 22.5 Å². The van der Waals surface area contributed by atoms with E-state index in [1.807, 2.05) is 0 Å². The van der Waals surface area contributed by atoms with Gasteiger partial charge in [0.1, 0.15) is 0 Å². The zero-order valence-electron chi connectivity index (χ0n) is 7.09. The SMILES string of the molecule is O=C(O)c1ccc(N(Cl)S(=O)(=O)Cl)cc1. The van der Waals surface area contributed by atoms with Gasteiger partial charge in [0.2, 0.25) is 0 Å². The first-order chi connectivity index (χ1) is 6.82. The van der Waals surface area contributed by atoms with Crippen LogP contribution in [0.1, 0.15) is 10.4 Å². The third-order valence-corrected chi connectivity index (χ3v) is 3.47. The van der Waals surface area contributed by atoms with Crippen molar-refractivity contribution in [2.75, 3.05) is 3.82 Å². The smallest absolute Gasteiger partial charge is 0.335 e. The van der Waals surface area contributed by atoms with Crippen LogP contribution in [-0.2, 0) is 9.24 Å². The maximum Gasteiger partial charge on any atom is 0.335 e. The van der Waals surface area contributed by atoms with Crippen LogP contribution in [0, 0.1) is 0 Å². The van der Waals surface area contributed by atoms with E-state index in [-0.39, 0.29) is 11.3 Å². The van der Waals surface area contributed by atoms with Crippen LogP contribution in [0.2, 0.25) is 0 Å². The Morgan fingerprint density at radius 3 is 2.07 bits per heavy atom. The minimum absolute atomic E-state index is 0.0239. The van der Waals surface area contributed by atoms with Crippen molar-refractivity contribution in [1.82, 2.24) is 0 Å². The zero-order valence-corrected chi connectivity index (χ0v) is 9.42. The first-order valence-electron chi connectivity index (χ1n) is 3.56. The summed E-state index contributed by atoms with van der Waals surface area (Å²) in [6.07, 6.45) is 0. The van der Waals surface area contributed by atoms with E-state index in [9.17, 15) is 13.2 Å². The summed E-state index contributed by atoms with van der Waals surface area (Å²) < 4.78 is 21.9. The van der Waals surface area contributed by atoms with Gasteiger partial charge >= 0.3 is 15.2 Å². The van der Waals surface area contributed by atoms with E-state index in [4.69, 9.17) is 27.6 Å². The van der Waals surface area contributed by atoms with E-state index >= 15 is 0 Å². The minimum atomic E-state index is -4.07. The van der Waals surface area contributed by atoms with E-state index in [0.717, 1.165) is 0 Å². The lowest BCUT2D eigenvalue weighted by Crippen LogP contribution is -2.14. The molecule has 0 bridgehead atoms. The van der Waals surface area contributed by atoms with Crippen LogP contribution in [0.15, 0.2) is 24.3 Å². The van der Waals surface area contributed by atoms with Gasteiger partial charge in [-0.25, -0.2) is 4.79 Å². The Morgan fingerprint density at radius 1 is 1.27 bits per heavy atom. The van der Waals surface area contributed by atoms with Gasteiger partial charge in [0.15, 0.2) is 0 Å². The molecule has 0 amide bonds. The van der Waals surface area contributed by atoms with E-state index in [0.29, 0.717) is 3.82 Å². The van der Waals surface area contributed by atoms with Crippen molar-refractivity contribution in [3.05, 3.63) is 29.8 Å². The van der Waals surface area contributed by atoms with E-state index in [1.54, 1.807) is 0 Å². The average Bonchev–Trinajstić information content (AvgIpc) is 2.15. The van der Waals surface area contributed by atoms with Gasteiger partial charge in [-0.2, -0.15) is 12.2 Å². The Labute approximate surface area is 95.5 Å². The lowest BCUT2D eigenvalue weighted by Gasteiger charge is -2.10. The van der Waals surface area contributed by atoms with Crippen LogP contribution in [0.25, 0.3) is 0 Å². The van der Waals surface area contributed by atoms with Crippen LogP contribution < -0.4 is 3.82 Å². The Morgan fingerprint density at radius 2 is 1.73 bits per heavy atom. The monoisotopic (exact) mass is 269 g/mol. The third kappa shape index (κ3) is 2.98. The highest BCUT2D eigenvalue weighted by Crippen LogP contribution is 2.22. The summed E-state index contributed by atoms with van der Waals surface area (Å²) in [4.78, 5) is 10.5. The largest absolute Gasteiger partial charge is 0.478 e. The predicted molar refractivity (Wildman–Crippen MR) is 56.5 cm³/mol. The van der Waals surface area contributed by atoms with Gasteiger partial charge in [0.25, 0.3) is 0 Å². The molecular formula is C7H5Cl2NO4S. The number of carboxylic acid groups (broad SMARTS) is 1. The summed E-state index contributed by atoms with van der Waals surface area (Å²) in [5, 5.41) is 8.58. The number of hydrogen-bond acceptors (Lipinski definition) is 3. The van der Waals surface area contributed by atoms with Gasteiger partial charge in [-0.15, -0.1) is 0 Å². The van der Waals surface area contributed by atoms with E-state index < -0.39 is 15.2 Å². The van der Waals surface area contributed by atoms with Crippen molar-refractivity contribution in [2.24, 2.45) is 0 Å². The van der Waals surface area contributed by atoms with E-state index in [1.165, 1.54) is 24.3 Å². The molecule has 0 heterocycles. The number of benzene rings is 1. The number of carboxylic acids is 1. The zero-order chi connectivity index (χ0) is 11.6. The Hall–Kier alpha value is -0.980. The molecule has 0 aliphatic rings. The summed E-state index contributed by atoms with van der Waals surface area (Å²) in [6.45, 7) is 0. The number of anilines is 1. The lowest BCUT2D eigenvalue weighted by molar-refractivity contribution is 0.0697. The highest BCUT2D eigenvalue weighted by atomic mass is 35.7. The summed E-state index contributed by atoms with van der Waals surface area (Å²) in [6, 6.07) is 4.90. The van der Waals surface area contributed by atoms with Gasteiger partial charge < -0.3 is 5.11 Å². The molecule has 0 saturated heterocycles. The number of halogens is 2. The van der Waals surface area contributed by atoms with Crippen molar-refractivity contribution in [2.45, 2.75) is 0 Å². The van der Waals surface area contributed by atoms with Crippen LogP contribution in [-0.4, -0.2) is 19.5 Å². The number of nitrogens with zero attached hydrogens (tertiary/aromatic N) is 1. The number of carbonyl (C=O) groups is 1.